The summed E-state index contributed by atoms with van der Waals surface area (Å²) < 4.78 is 10.7. The summed E-state index contributed by atoms with van der Waals surface area (Å²) >= 11 is 1.68. The second-order valence-electron chi connectivity index (χ2n) is 6.54. The average Bonchev–Trinajstić information content (AvgIpc) is 3.40. The Labute approximate surface area is 168 Å². The van der Waals surface area contributed by atoms with E-state index in [1.165, 1.54) is 10.4 Å². The Morgan fingerprint density at radius 1 is 1.11 bits per heavy atom. The van der Waals surface area contributed by atoms with Crippen LogP contribution in [0.2, 0.25) is 0 Å². The van der Waals surface area contributed by atoms with Gasteiger partial charge in [-0.1, -0.05) is 37.3 Å². The van der Waals surface area contributed by atoms with Gasteiger partial charge in [-0.15, -0.1) is 11.3 Å². The van der Waals surface area contributed by atoms with Crippen LogP contribution < -0.4 is 20.1 Å². The average molecular weight is 394 g/mol. The van der Waals surface area contributed by atoms with Crippen LogP contribution in [-0.4, -0.2) is 19.2 Å². The van der Waals surface area contributed by atoms with Gasteiger partial charge in [0, 0.05) is 16.6 Å². The molecule has 4 rings (SSSR count). The maximum Gasteiger partial charge on any atom is 0.238 e. The van der Waals surface area contributed by atoms with Crippen molar-refractivity contribution in [2.75, 3.05) is 18.7 Å². The molecule has 0 fully saturated rings. The van der Waals surface area contributed by atoms with Gasteiger partial charge in [-0.3, -0.25) is 10.1 Å². The van der Waals surface area contributed by atoms with Gasteiger partial charge in [0.1, 0.15) is 0 Å². The zero-order chi connectivity index (χ0) is 19.3. The van der Waals surface area contributed by atoms with Crippen molar-refractivity contribution in [3.05, 3.63) is 76.0 Å². The van der Waals surface area contributed by atoms with Gasteiger partial charge >= 0.3 is 0 Å². The minimum Gasteiger partial charge on any atom is -0.454 e. The molecule has 2 aromatic carbocycles. The highest BCUT2D eigenvalue weighted by atomic mass is 32.1. The van der Waals surface area contributed by atoms with E-state index < -0.39 is 0 Å². The topological polar surface area (TPSA) is 59.6 Å². The normalized spacial score (nSPS) is 13.3. The van der Waals surface area contributed by atoms with E-state index in [0.717, 1.165) is 12.0 Å². The van der Waals surface area contributed by atoms with Gasteiger partial charge in [0.05, 0.1) is 12.6 Å². The van der Waals surface area contributed by atoms with Crippen LogP contribution in [0.4, 0.5) is 5.69 Å². The molecule has 0 saturated heterocycles. The summed E-state index contributed by atoms with van der Waals surface area (Å²) in [4.78, 5) is 13.7. The second kappa shape index (κ2) is 8.46. The van der Waals surface area contributed by atoms with Crippen LogP contribution in [0.3, 0.4) is 0 Å². The van der Waals surface area contributed by atoms with Gasteiger partial charge in [-0.2, -0.15) is 0 Å². The van der Waals surface area contributed by atoms with Crippen molar-refractivity contribution in [3.63, 3.8) is 0 Å². The zero-order valence-electron chi connectivity index (χ0n) is 15.6. The van der Waals surface area contributed by atoms with Gasteiger partial charge in [0.25, 0.3) is 0 Å². The van der Waals surface area contributed by atoms with Crippen LogP contribution in [0.25, 0.3) is 0 Å². The lowest BCUT2D eigenvalue weighted by atomic mass is 10.0. The third kappa shape index (κ3) is 4.18. The number of fused-ring (bicyclic) bond motifs is 1. The largest absolute Gasteiger partial charge is 0.454 e. The molecule has 2 heterocycles. The molecule has 0 spiro atoms. The number of ether oxygens (including phenoxy) is 2. The molecule has 1 atom stereocenters. The molecule has 0 bridgehead atoms. The lowest BCUT2D eigenvalue weighted by Crippen LogP contribution is -2.31. The number of hydrogen-bond acceptors (Lipinski definition) is 5. The summed E-state index contributed by atoms with van der Waals surface area (Å²) in [5, 5.41) is 8.35. The van der Waals surface area contributed by atoms with E-state index in [4.69, 9.17) is 9.47 Å². The SMILES string of the molecule is CCc1ccc(C(NCC(=O)Nc2ccc3c(c2)OCO3)c2cccs2)cc1. The molecule has 0 saturated carbocycles. The Morgan fingerprint density at radius 3 is 2.68 bits per heavy atom. The highest BCUT2D eigenvalue weighted by Crippen LogP contribution is 2.34. The standard InChI is InChI=1S/C22H22N2O3S/c1-2-15-5-7-16(8-6-15)22(20-4-3-11-28-20)23-13-21(25)24-17-9-10-18-19(12-17)27-14-26-18/h3-12,22-23H,2,13-14H2,1H3,(H,24,25). The summed E-state index contributed by atoms with van der Waals surface area (Å²) in [6.07, 6.45) is 1.01. The Bertz CT molecular complexity index is 939. The van der Waals surface area contributed by atoms with Crippen molar-refractivity contribution >= 4 is 22.9 Å². The predicted octanol–water partition coefficient (Wildman–Crippen LogP) is 4.36. The first-order valence-electron chi connectivity index (χ1n) is 9.28. The van der Waals surface area contributed by atoms with Crippen molar-refractivity contribution in [3.8, 4) is 11.5 Å². The Kier molecular flexibility index (Phi) is 5.60. The van der Waals surface area contributed by atoms with Crippen molar-refractivity contribution < 1.29 is 14.3 Å². The molecular weight excluding hydrogens is 372 g/mol. The fourth-order valence-electron chi connectivity index (χ4n) is 3.16. The highest BCUT2D eigenvalue weighted by Gasteiger charge is 2.17. The van der Waals surface area contributed by atoms with Gasteiger partial charge in [0.15, 0.2) is 11.5 Å². The number of amides is 1. The van der Waals surface area contributed by atoms with Crippen LogP contribution in [0.15, 0.2) is 60.0 Å². The molecule has 144 valence electrons. The number of benzene rings is 2. The van der Waals surface area contributed by atoms with Gasteiger partial charge in [-0.25, -0.2) is 0 Å². The summed E-state index contributed by atoms with van der Waals surface area (Å²) in [7, 11) is 0. The van der Waals surface area contributed by atoms with Crippen LogP contribution in [0.1, 0.15) is 29.0 Å². The van der Waals surface area contributed by atoms with Gasteiger partial charge in [-0.05, 0) is 41.1 Å². The Morgan fingerprint density at radius 2 is 1.93 bits per heavy atom. The van der Waals surface area contributed by atoms with Gasteiger partial charge < -0.3 is 14.8 Å². The van der Waals surface area contributed by atoms with E-state index in [9.17, 15) is 4.79 Å². The molecule has 6 heteroatoms. The molecule has 1 aliphatic rings. The lowest BCUT2D eigenvalue weighted by Gasteiger charge is -2.18. The smallest absolute Gasteiger partial charge is 0.238 e. The van der Waals surface area contributed by atoms with Crippen LogP contribution in [-0.2, 0) is 11.2 Å². The molecule has 5 nitrogen and oxygen atoms in total. The quantitative estimate of drug-likeness (QED) is 0.625. The minimum absolute atomic E-state index is 0.0200. The first-order chi connectivity index (χ1) is 13.7. The Hall–Kier alpha value is -2.83. The van der Waals surface area contributed by atoms with Crippen LogP contribution in [0, 0.1) is 0 Å². The predicted molar refractivity (Wildman–Crippen MR) is 111 cm³/mol. The third-order valence-corrected chi connectivity index (χ3v) is 5.61. The molecule has 1 unspecified atom stereocenters. The first kappa shape index (κ1) is 18.5. The molecule has 0 aliphatic carbocycles. The fourth-order valence-corrected chi connectivity index (χ4v) is 3.99. The zero-order valence-corrected chi connectivity index (χ0v) is 16.4. The number of rotatable bonds is 7. The van der Waals surface area contributed by atoms with Gasteiger partial charge in [0.2, 0.25) is 12.7 Å². The third-order valence-electron chi connectivity index (χ3n) is 4.67. The van der Waals surface area contributed by atoms with Crippen molar-refractivity contribution in [2.24, 2.45) is 0 Å². The minimum atomic E-state index is -0.106. The number of aryl methyl sites for hydroxylation is 1. The number of thiophene rings is 1. The number of carbonyl (C=O) groups excluding carboxylic acids is 1. The van der Waals surface area contributed by atoms with E-state index in [0.29, 0.717) is 17.2 Å². The van der Waals surface area contributed by atoms with E-state index in [1.807, 2.05) is 12.1 Å². The monoisotopic (exact) mass is 394 g/mol. The van der Waals surface area contributed by atoms with E-state index >= 15 is 0 Å². The molecule has 3 aromatic rings. The summed E-state index contributed by atoms with van der Waals surface area (Å²) in [6, 6.07) is 18.0. The number of carbonyl (C=O) groups is 1. The van der Waals surface area contributed by atoms with Crippen LogP contribution in [0.5, 0.6) is 11.5 Å². The molecule has 1 amide bonds. The Balaban J connectivity index is 1.43. The number of anilines is 1. The molecule has 2 N–H and O–H groups in total. The van der Waals surface area contributed by atoms with Crippen molar-refractivity contribution in [1.82, 2.24) is 5.32 Å². The fraction of sp³-hybridized carbons (Fsp3) is 0.227. The highest BCUT2D eigenvalue weighted by molar-refractivity contribution is 7.10. The van der Waals surface area contributed by atoms with Crippen LogP contribution >= 0.6 is 11.3 Å². The molecule has 1 aliphatic heterocycles. The molecule has 1 aromatic heterocycles. The van der Waals surface area contributed by atoms with E-state index in [-0.39, 0.29) is 25.3 Å². The molecular formula is C22H22N2O3S. The first-order valence-corrected chi connectivity index (χ1v) is 10.2. The maximum absolute atomic E-state index is 12.5. The lowest BCUT2D eigenvalue weighted by molar-refractivity contribution is -0.115. The van der Waals surface area contributed by atoms with Crippen molar-refractivity contribution in [2.45, 2.75) is 19.4 Å². The summed E-state index contributed by atoms with van der Waals surface area (Å²) in [5.74, 6) is 1.24. The number of nitrogens with one attached hydrogen (secondary N) is 2. The summed E-state index contributed by atoms with van der Waals surface area (Å²) in [5.41, 5.74) is 3.14. The molecule has 28 heavy (non-hydrogen) atoms. The second-order valence-corrected chi connectivity index (χ2v) is 7.52. The number of hydrogen-bond donors (Lipinski definition) is 2. The van der Waals surface area contributed by atoms with E-state index in [2.05, 4.69) is 53.3 Å². The maximum atomic E-state index is 12.5. The van der Waals surface area contributed by atoms with E-state index in [1.54, 1.807) is 23.5 Å². The van der Waals surface area contributed by atoms with Crippen molar-refractivity contribution in [1.29, 1.82) is 0 Å². The summed E-state index contributed by atoms with van der Waals surface area (Å²) in [6.45, 7) is 2.56. The molecule has 0 radical (unpaired) electrons.